The lowest BCUT2D eigenvalue weighted by atomic mass is 9.86. The molecule has 3 atom stereocenters. The predicted molar refractivity (Wildman–Crippen MR) is 174 cm³/mol. The van der Waals surface area contributed by atoms with Crippen molar-refractivity contribution in [1.29, 1.82) is 0 Å². The number of benzene rings is 4. The van der Waals surface area contributed by atoms with Crippen LogP contribution in [0, 0.1) is 0 Å². The van der Waals surface area contributed by atoms with Gasteiger partial charge in [0.2, 0.25) is 12.2 Å². The molecule has 4 rings (SSSR count). The van der Waals surface area contributed by atoms with E-state index in [0.717, 1.165) is 16.7 Å². The molecule has 0 heterocycles. The molecule has 0 amide bonds. The van der Waals surface area contributed by atoms with Gasteiger partial charge in [-0.2, -0.15) is 0 Å². The number of rotatable bonds is 11. The second-order valence-corrected chi connectivity index (χ2v) is 13.3. The molecular formula is C38H42O7. The first-order chi connectivity index (χ1) is 21.1. The summed E-state index contributed by atoms with van der Waals surface area (Å²) in [6.45, 7) is 12.6. The Kier molecular flexibility index (Phi) is 10.0. The minimum Gasteiger partial charge on any atom is -0.478 e. The number of hydrogen-bond acceptors (Lipinski definition) is 5. The smallest absolute Gasteiger partial charge is 0.349 e. The summed E-state index contributed by atoms with van der Waals surface area (Å²) < 4.78 is 11.6. The van der Waals surface area contributed by atoms with Crippen LogP contribution in [-0.4, -0.2) is 27.3 Å². The number of aliphatic carboxylic acids is 2. The van der Waals surface area contributed by atoms with E-state index in [1.807, 2.05) is 24.3 Å². The fourth-order valence-corrected chi connectivity index (χ4v) is 4.92. The lowest BCUT2D eigenvalue weighted by Gasteiger charge is -2.21. The zero-order chi connectivity index (χ0) is 32.9. The SMILES string of the molecule is CC(C)(C)c1ccc(C(Oc2ccc(CC(O)c3ccc(OC(C(=O)O)c4ccc(C(C)(C)C)cc4)cc3)cc2)C(=O)O)cc1. The van der Waals surface area contributed by atoms with Gasteiger partial charge in [0.15, 0.2) is 0 Å². The summed E-state index contributed by atoms with van der Waals surface area (Å²) in [7, 11) is 0. The highest BCUT2D eigenvalue weighted by Gasteiger charge is 2.25. The van der Waals surface area contributed by atoms with Crippen LogP contribution in [0.1, 0.15) is 93.2 Å². The summed E-state index contributed by atoms with van der Waals surface area (Å²) in [6, 6.07) is 28.5. The normalized spacial score (nSPS) is 13.8. The predicted octanol–water partition coefficient (Wildman–Crippen LogP) is 7.97. The maximum atomic E-state index is 12.0. The molecule has 7 nitrogen and oxygen atoms in total. The highest BCUT2D eigenvalue weighted by molar-refractivity contribution is 5.75. The molecule has 0 saturated heterocycles. The highest BCUT2D eigenvalue weighted by Crippen LogP contribution is 2.30. The number of aliphatic hydroxyl groups is 1. The van der Waals surface area contributed by atoms with Crippen LogP contribution in [0.3, 0.4) is 0 Å². The molecule has 4 aromatic carbocycles. The molecule has 7 heteroatoms. The van der Waals surface area contributed by atoms with Crippen molar-refractivity contribution in [2.45, 2.75) is 77.1 Å². The van der Waals surface area contributed by atoms with Crippen molar-refractivity contribution < 1.29 is 34.4 Å². The fraction of sp³-hybridized carbons (Fsp3) is 0.316. The van der Waals surface area contributed by atoms with Gasteiger partial charge in [0.25, 0.3) is 0 Å². The van der Waals surface area contributed by atoms with Crippen molar-refractivity contribution in [3.63, 3.8) is 0 Å². The summed E-state index contributed by atoms with van der Waals surface area (Å²) >= 11 is 0. The van der Waals surface area contributed by atoms with Crippen LogP contribution >= 0.6 is 0 Å². The minimum absolute atomic E-state index is 0.0445. The molecule has 0 radical (unpaired) electrons. The summed E-state index contributed by atoms with van der Waals surface area (Å²) in [4.78, 5) is 24.0. The van der Waals surface area contributed by atoms with Gasteiger partial charge in [-0.25, -0.2) is 9.59 Å². The molecule has 0 aromatic heterocycles. The van der Waals surface area contributed by atoms with E-state index in [1.54, 1.807) is 72.8 Å². The van der Waals surface area contributed by atoms with Gasteiger partial charge in [0, 0.05) is 17.5 Å². The van der Waals surface area contributed by atoms with Gasteiger partial charge < -0.3 is 24.8 Å². The second-order valence-electron chi connectivity index (χ2n) is 13.3. The van der Waals surface area contributed by atoms with Crippen molar-refractivity contribution >= 4 is 11.9 Å². The summed E-state index contributed by atoms with van der Waals surface area (Å²) in [5.41, 5.74) is 4.68. The van der Waals surface area contributed by atoms with E-state index in [9.17, 15) is 24.9 Å². The Morgan fingerprint density at radius 1 is 0.556 bits per heavy atom. The van der Waals surface area contributed by atoms with Crippen molar-refractivity contribution in [2.24, 2.45) is 0 Å². The number of hydrogen-bond donors (Lipinski definition) is 3. The molecular weight excluding hydrogens is 568 g/mol. The Hall–Kier alpha value is -4.62. The Labute approximate surface area is 265 Å². The Morgan fingerprint density at radius 2 is 0.889 bits per heavy atom. The third kappa shape index (κ3) is 8.73. The fourth-order valence-electron chi connectivity index (χ4n) is 4.92. The van der Waals surface area contributed by atoms with Crippen LogP contribution in [-0.2, 0) is 26.8 Å². The number of aliphatic hydroxyl groups excluding tert-OH is 1. The van der Waals surface area contributed by atoms with E-state index >= 15 is 0 Å². The lowest BCUT2D eigenvalue weighted by molar-refractivity contribution is -0.146. The molecule has 3 unspecified atom stereocenters. The van der Waals surface area contributed by atoms with Crippen LogP contribution in [0.4, 0.5) is 0 Å². The van der Waals surface area contributed by atoms with Crippen LogP contribution in [0.5, 0.6) is 11.5 Å². The zero-order valence-corrected chi connectivity index (χ0v) is 26.7. The Morgan fingerprint density at radius 3 is 1.22 bits per heavy atom. The molecule has 0 aliphatic carbocycles. The monoisotopic (exact) mass is 610 g/mol. The first kappa shape index (κ1) is 33.3. The molecule has 0 saturated carbocycles. The van der Waals surface area contributed by atoms with E-state index in [2.05, 4.69) is 41.5 Å². The van der Waals surface area contributed by atoms with Gasteiger partial charge in [-0.15, -0.1) is 0 Å². The second kappa shape index (κ2) is 13.6. The van der Waals surface area contributed by atoms with E-state index in [-0.39, 0.29) is 10.8 Å². The number of carbonyl (C=O) groups is 2. The molecule has 236 valence electrons. The molecule has 0 spiro atoms. The van der Waals surface area contributed by atoms with Gasteiger partial charge in [-0.3, -0.25) is 0 Å². The molecule has 0 aliphatic heterocycles. The zero-order valence-electron chi connectivity index (χ0n) is 26.7. The van der Waals surface area contributed by atoms with E-state index < -0.39 is 30.3 Å². The first-order valence-corrected chi connectivity index (χ1v) is 15.0. The van der Waals surface area contributed by atoms with Crippen LogP contribution in [0.2, 0.25) is 0 Å². The van der Waals surface area contributed by atoms with E-state index in [4.69, 9.17) is 9.47 Å². The van der Waals surface area contributed by atoms with E-state index in [1.165, 1.54) is 0 Å². The molecule has 0 bridgehead atoms. The quantitative estimate of drug-likeness (QED) is 0.158. The van der Waals surface area contributed by atoms with Gasteiger partial charge >= 0.3 is 11.9 Å². The van der Waals surface area contributed by atoms with Crippen LogP contribution in [0.15, 0.2) is 97.1 Å². The highest BCUT2D eigenvalue weighted by atomic mass is 16.5. The maximum Gasteiger partial charge on any atom is 0.349 e. The maximum absolute atomic E-state index is 12.0. The summed E-state index contributed by atoms with van der Waals surface area (Å²) in [5.74, 6) is -1.40. The molecule has 4 aromatic rings. The average molecular weight is 611 g/mol. The third-order valence-electron chi connectivity index (χ3n) is 7.73. The van der Waals surface area contributed by atoms with Gasteiger partial charge in [0.05, 0.1) is 6.10 Å². The average Bonchev–Trinajstić information content (AvgIpc) is 2.98. The Balaban J connectivity index is 1.38. The van der Waals surface area contributed by atoms with Gasteiger partial charge in [-0.1, -0.05) is 114 Å². The third-order valence-corrected chi connectivity index (χ3v) is 7.73. The van der Waals surface area contributed by atoms with Crippen molar-refractivity contribution in [1.82, 2.24) is 0 Å². The van der Waals surface area contributed by atoms with Gasteiger partial charge in [0.1, 0.15) is 11.5 Å². The largest absolute Gasteiger partial charge is 0.478 e. The molecule has 0 fully saturated rings. The Bertz CT molecular complexity index is 1580. The standard InChI is InChI=1S/C38H42O7/c1-37(2,3)28-15-9-26(10-16-28)33(35(40)41)44-30-19-7-24(8-20-30)23-32(39)25-13-21-31(22-14-25)45-34(36(42)43)27-11-17-29(18-12-27)38(4,5)6/h7-22,32-34,39H,23H2,1-6H3,(H,40,41)(H,42,43). The molecule has 45 heavy (non-hydrogen) atoms. The topological polar surface area (TPSA) is 113 Å². The van der Waals surface area contributed by atoms with Crippen LogP contribution in [0.25, 0.3) is 0 Å². The number of ether oxygens (including phenoxy) is 2. The van der Waals surface area contributed by atoms with Gasteiger partial charge in [-0.05, 0) is 57.3 Å². The first-order valence-electron chi connectivity index (χ1n) is 15.0. The lowest BCUT2D eigenvalue weighted by Crippen LogP contribution is -2.19. The molecule has 3 N–H and O–H groups in total. The van der Waals surface area contributed by atoms with E-state index in [0.29, 0.717) is 34.6 Å². The van der Waals surface area contributed by atoms with Crippen molar-refractivity contribution in [3.8, 4) is 11.5 Å². The van der Waals surface area contributed by atoms with Crippen LogP contribution < -0.4 is 9.47 Å². The van der Waals surface area contributed by atoms with Crippen molar-refractivity contribution in [3.05, 3.63) is 130 Å². The summed E-state index contributed by atoms with van der Waals surface area (Å²) in [5, 5.41) is 30.5. The molecule has 0 aliphatic rings. The minimum atomic E-state index is -1.17. The number of carboxylic acid groups (broad SMARTS) is 2. The van der Waals surface area contributed by atoms with Crippen molar-refractivity contribution in [2.75, 3.05) is 0 Å². The number of carboxylic acids is 2. The summed E-state index contributed by atoms with van der Waals surface area (Å²) in [6.07, 6.45) is -2.83.